The van der Waals surface area contributed by atoms with Crippen molar-refractivity contribution in [2.24, 2.45) is 0 Å². The molecule has 15 heavy (non-hydrogen) atoms. The van der Waals surface area contributed by atoms with Crippen molar-refractivity contribution in [1.29, 1.82) is 0 Å². The van der Waals surface area contributed by atoms with Gasteiger partial charge in [-0.1, -0.05) is 35.9 Å². The Morgan fingerprint density at radius 2 is 1.60 bits per heavy atom. The number of benzene rings is 1. The summed E-state index contributed by atoms with van der Waals surface area (Å²) in [6.45, 7) is 2.08. The maximum absolute atomic E-state index is 4.79. The van der Waals surface area contributed by atoms with E-state index in [0.29, 0.717) is 5.75 Å². The van der Waals surface area contributed by atoms with Gasteiger partial charge in [0.2, 0.25) is 0 Å². The molecule has 2 rings (SSSR count). The minimum atomic E-state index is 0.688. The lowest BCUT2D eigenvalue weighted by molar-refractivity contribution is 0.410. The highest BCUT2D eigenvalue weighted by molar-refractivity contribution is 5.11. The molecule has 0 aliphatic rings. The summed E-state index contributed by atoms with van der Waals surface area (Å²) in [6.07, 6.45) is 4.67. The summed E-state index contributed by atoms with van der Waals surface area (Å²) in [5.74, 6) is 0.688. The molecule has 1 aromatic heterocycles. The maximum atomic E-state index is 4.79. The fraction of sp³-hybridized carbons (Fsp3) is 0.167. The normalized spacial score (nSPS) is 8.67. The van der Waals surface area contributed by atoms with Gasteiger partial charge in [0.05, 0.1) is 19.5 Å². The van der Waals surface area contributed by atoms with Crippen molar-refractivity contribution in [3.8, 4) is 5.75 Å². The smallest absolute Gasteiger partial charge is 0.155 e. The van der Waals surface area contributed by atoms with Crippen LogP contribution >= 0.6 is 0 Å². The van der Waals surface area contributed by atoms with Gasteiger partial charge in [0.1, 0.15) is 6.33 Å². The number of hydrogen-bond acceptors (Lipinski definition) is 3. The molecule has 78 valence electrons. The number of hydrogen-bond donors (Lipinski definition) is 0. The molecule has 0 unspecified atom stereocenters. The first-order valence-electron chi connectivity index (χ1n) is 4.63. The highest BCUT2D eigenvalue weighted by Crippen LogP contribution is 2.00. The molecule has 3 nitrogen and oxygen atoms in total. The molecule has 0 spiro atoms. The van der Waals surface area contributed by atoms with Crippen molar-refractivity contribution in [1.82, 2.24) is 9.97 Å². The summed E-state index contributed by atoms with van der Waals surface area (Å²) in [4.78, 5) is 7.44. The quantitative estimate of drug-likeness (QED) is 0.712. The van der Waals surface area contributed by atoms with Crippen LogP contribution < -0.4 is 4.74 Å². The van der Waals surface area contributed by atoms with Crippen molar-refractivity contribution >= 4 is 0 Å². The summed E-state index contributed by atoms with van der Waals surface area (Å²) in [5, 5.41) is 0. The summed E-state index contributed by atoms with van der Waals surface area (Å²) >= 11 is 0. The monoisotopic (exact) mass is 202 g/mol. The zero-order chi connectivity index (χ0) is 10.9. The maximum Gasteiger partial charge on any atom is 0.155 e. The Morgan fingerprint density at radius 3 is 1.93 bits per heavy atom. The van der Waals surface area contributed by atoms with Crippen molar-refractivity contribution in [3.05, 3.63) is 54.6 Å². The van der Waals surface area contributed by atoms with E-state index in [9.17, 15) is 0 Å². The number of nitrogens with zero attached hydrogens (tertiary/aromatic N) is 2. The predicted molar refractivity (Wildman–Crippen MR) is 59.8 cm³/mol. The van der Waals surface area contributed by atoms with Crippen LogP contribution in [0.15, 0.2) is 49.1 Å². The average molecular weight is 202 g/mol. The third-order valence-corrected chi connectivity index (χ3v) is 1.71. The lowest BCUT2D eigenvalue weighted by Gasteiger charge is -1.92. The first kappa shape index (κ1) is 11.2. The topological polar surface area (TPSA) is 35.0 Å². The van der Waals surface area contributed by atoms with E-state index in [1.165, 1.54) is 11.9 Å². The molecule has 0 saturated heterocycles. The summed E-state index contributed by atoms with van der Waals surface area (Å²) in [5.41, 5.74) is 1.32. The standard InChI is InChI=1S/C7H8.C5H6N2O/c1-7-5-3-2-4-6-7;1-8-5-2-6-4-7-3-5/h2-6H,1H3;2-4H,1H3. The van der Waals surface area contributed by atoms with Crippen LogP contribution in [0, 0.1) is 6.92 Å². The molecular weight excluding hydrogens is 188 g/mol. The molecule has 0 fully saturated rings. The minimum Gasteiger partial charge on any atom is -0.494 e. The average Bonchev–Trinajstić information content (AvgIpc) is 2.32. The van der Waals surface area contributed by atoms with E-state index in [1.807, 2.05) is 18.2 Å². The van der Waals surface area contributed by atoms with Crippen LogP contribution in [0.2, 0.25) is 0 Å². The van der Waals surface area contributed by atoms with E-state index >= 15 is 0 Å². The number of rotatable bonds is 1. The molecule has 1 heterocycles. The van der Waals surface area contributed by atoms with E-state index < -0.39 is 0 Å². The summed E-state index contributed by atoms with van der Waals surface area (Å²) < 4.78 is 4.79. The summed E-state index contributed by atoms with van der Waals surface area (Å²) in [6, 6.07) is 10.3. The van der Waals surface area contributed by atoms with Crippen molar-refractivity contribution in [2.75, 3.05) is 7.11 Å². The Kier molecular flexibility index (Phi) is 4.87. The first-order chi connectivity index (χ1) is 7.33. The molecule has 3 heteroatoms. The van der Waals surface area contributed by atoms with Crippen molar-refractivity contribution < 1.29 is 4.74 Å². The third-order valence-electron chi connectivity index (χ3n) is 1.71. The lowest BCUT2D eigenvalue weighted by Crippen LogP contribution is -1.83. The second-order valence-electron chi connectivity index (χ2n) is 2.93. The van der Waals surface area contributed by atoms with Gasteiger partial charge in [-0.2, -0.15) is 0 Å². The van der Waals surface area contributed by atoms with Gasteiger partial charge < -0.3 is 4.74 Å². The van der Waals surface area contributed by atoms with Gasteiger partial charge in [0, 0.05) is 0 Å². The van der Waals surface area contributed by atoms with Crippen LogP contribution in [0.4, 0.5) is 0 Å². The fourth-order valence-electron chi connectivity index (χ4n) is 0.925. The number of aryl methyl sites for hydroxylation is 1. The minimum absolute atomic E-state index is 0.688. The molecular formula is C12H14N2O. The van der Waals surface area contributed by atoms with E-state index in [4.69, 9.17) is 4.74 Å². The van der Waals surface area contributed by atoms with Gasteiger partial charge in [-0.15, -0.1) is 0 Å². The highest BCUT2D eigenvalue weighted by Gasteiger charge is 1.82. The molecule has 0 N–H and O–H groups in total. The SMILES string of the molecule is COc1cncnc1.Cc1ccccc1. The van der Waals surface area contributed by atoms with Gasteiger partial charge >= 0.3 is 0 Å². The Bertz CT molecular complexity index is 362. The second kappa shape index (κ2) is 6.54. The van der Waals surface area contributed by atoms with Gasteiger partial charge in [0.15, 0.2) is 5.75 Å². The van der Waals surface area contributed by atoms with Crippen LogP contribution in [0.5, 0.6) is 5.75 Å². The Hall–Kier alpha value is -1.90. The van der Waals surface area contributed by atoms with Gasteiger partial charge in [0.25, 0.3) is 0 Å². The van der Waals surface area contributed by atoms with Crippen LogP contribution in [0.1, 0.15) is 5.56 Å². The molecule has 0 amide bonds. The molecule has 1 aromatic carbocycles. The van der Waals surface area contributed by atoms with Crippen molar-refractivity contribution in [3.63, 3.8) is 0 Å². The Morgan fingerprint density at radius 1 is 1.00 bits per heavy atom. The van der Waals surface area contributed by atoms with Gasteiger partial charge in [-0.05, 0) is 6.92 Å². The molecule has 0 saturated carbocycles. The van der Waals surface area contributed by atoms with Crippen molar-refractivity contribution in [2.45, 2.75) is 6.92 Å². The van der Waals surface area contributed by atoms with Crippen LogP contribution in [-0.4, -0.2) is 17.1 Å². The largest absolute Gasteiger partial charge is 0.494 e. The van der Waals surface area contributed by atoms with Gasteiger partial charge in [-0.3, -0.25) is 0 Å². The molecule has 2 aromatic rings. The number of aromatic nitrogens is 2. The fourth-order valence-corrected chi connectivity index (χ4v) is 0.925. The number of methoxy groups -OCH3 is 1. The van der Waals surface area contributed by atoms with E-state index in [0.717, 1.165) is 0 Å². The van der Waals surface area contributed by atoms with Crippen LogP contribution in [0.3, 0.4) is 0 Å². The zero-order valence-corrected chi connectivity index (χ0v) is 8.92. The predicted octanol–water partition coefficient (Wildman–Crippen LogP) is 2.48. The summed E-state index contributed by atoms with van der Waals surface area (Å²) in [7, 11) is 1.58. The van der Waals surface area contributed by atoms with E-state index in [1.54, 1.807) is 19.5 Å². The molecule has 0 bridgehead atoms. The highest BCUT2D eigenvalue weighted by atomic mass is 16.5. The zero-order valence-electron chi connectivity index (χ0n) is 8.92. The third kappa shape index (κ3) is 4.76. The second-order valence-corrected chi connectivity index (χ2v) is 2.93. The van der Waals surface area contributed by atoms with Crippen LogP contribution in [-0.2, 0) is 0 Å². The Labute approximate surface area is 89.8 Å². The first-order valence-corrected chi connectivity index (χ1v) is 4.63. The van der Waals surface area contributed by atoms with E-state index in [-0.39, 0.29) is 0 Å². The Balaban J connectivity index is 0.000000151. The van der Waals surface area contributed by atoms with E-state index in [2.05, 4.69) is 29.0 Å². The lowest BCUT2D eigenvalue weighted by atomic mass is 10.2. The molecule has 0 radical (unpaired) electrons. The van der Waals surface area contributed by atoms with Crippen LogP contribution in [0.25, 0.3) is 0 Å². The number of ether oxygens (including phenoxy) is 1. The van der Waals surface area contributed by atoms with Gasteiger partial charge in [-0.25, -0.2) is 9.97 Å². The molecule has 0 aliphatic carbocycles. The molecule has 0 atom stereocenters. The molecule has 0 aliphatic heterocycles.